The largest absolute Gasteiger partial charge is 0.355 e. The molecule has 1 aromatic carbocycles. The standard InChI is InChI=1S/C25H27F2IN4O2/c1-14-8-9-31-21(11-16-4-6-18(7-5-16)32(28)15(2)33)24(30-22(31)10-14)23-19(26)12-17(13-20(23)27)25(34)29-3/h8-10,12-13,16,18H,4-7,11H2,1-3H3,(H,29,34)/t16-,18-. The van der Waals surface area contributed by atoms with Crippen molar-refractivity contribution in [3.63, 3.8) is 0 Å². The predicted octanol–water partition coefficient (Wildman–Crippen LogP) is 5.25. The van der Waals surface area contributed by atoms with Crippen LogP contribution in [-0.4, -0.2) is 37.4 Å². The van der Waals surface area contributed by atoms with Gasteiger partial charge in [-0.1, -0.05) is 0 Å². The maximum atomic E-state index is 15.2. The van der Waals surface area contributed by atoms with Crippen molar-refractivity contribution in [2.45, 2.75) is 52.0 Å². The summed E-state index contributed by atoms with van der Waals surface area (Å²) >= 11 is 2.08. The second kappa shape index (κ2) is 9.97. The average Bonchev–Trinajstić information content (AvgIpc) is 3.14. The molecular weight excluding hydrogens is 553 g/mol. The van der Waals surface area contributed by atoms with Crippen LogP contribution < -0.4 is 5.32 Å². The van der Waals surface area contributed by atoms with Crippen molar-refractivity contribution in [3.05, 3.63) is 58.9 Å². The van der Waals surface area contributed by atoms with Crippen molar-refractivity contribution in [2.24, 2.45) is 5.92 Å². The molecule has 9 heteroatoms. The first-order chi connectivity index (χ1) is 16.2. The number of carbonyl (C=O) groups excluding carboxylic acids is 2. The molecule has 0 unspecified atom stereocenters. The minimum atomic E-state index is -0.814. The van der Waals surface area contributed by atoms with Crippen LogP contribution in [0.4, 0.5) is 8.78 Å². The summed E-state index contributed by atoms with van der Waals surface area (Å²) in [7, 11) is 1.41. The second-order valence-corrected chi connectivity index (χ2v) is 9.98. The Morgan fingerprint density at radius 3 is 2.41 bits per heavy atom. The van der Waals surface area contributed by atoms with Gasteiger partial charge in [0.1, 0.15) is 17.3 Å². The Balaban J connectivity index is 1.71. The van der Waals surface area contributed by atoms with Crippen molar-refractivity contribution >= 4 is 40.3 Å². The van der Waals surface area contributed by atoms with Gasteiger partial charge >= 0.3 is 0 Å². The van der Waals surface area contributed by atoms with E-state index in [-0.39, 0.29) is 28.8 Å². The average molecular weight is 580 g/mol. The van der Waals surface area contributed by atoms with E-state index in [2.05, 4.69) is 33.2 Å². The Morgan fingerprint density at radius 2 is 1.82 bits per heavy atom. The highest BCUT2D eigenvalue weighted by Crippen LogP contribution is 2.36. The zero-order valence-corrected chi connectivity index (χ0v) is 21.5. The summed E-state index contributed by atoms with van der Waals surface area (Å²) in [6, 6.07) is 6.16. The first-order valence-electron chi connectivity index (χ1n) is 11.3. The Kier molecular flexibility index (Phi) is 7.20. The molecule has 1 fully saturated rings. The van der Waals surface area contributed by atoms with Gasteiger partial charge in [0.15, 0.2) is 0 Å². The monoisotopic (exact) mass is 580 g/mol. The molecule has 2 aromatic heterocycles. The number of nitrogens with zero attached hydrogens (tertiary/aromatic N) is 3. The summed E-state index contributed by atoms with van der Waals surface area (Å²) in [5.41, 5.74) is 2.36. The molecule has 1 N–H and O–H groups in total. The van der Waals surface area contributed by atoms with Crippen LogP contribution in [0.1, 0.15) is 54.2 Å². The number of halogens is 3. The maximum absolute atomic E-state index is 15.2. The van der Waals surface area contributed by atoms with Crippen LogP contribution in [-0.2, 0) is 11.2 Å². The van der Waals surface area contributed by atoms with Gasteiger partial charge < -0.3 is 9.72 Å². The Morgan fingerprint density at radius 1 is 1.18 bits per heavy atom. The lowest BCUT2D eigenvalue weighted by atomic mass is 9.82. The molecule has 1 aliphatic rings. The smallest absolute Gasteiger partial charge is 0.251 e. The molecule has 1 saturated carbocycles. The third-order valence-electron chi connectivity index (χ3n) is 6.57. The second-order valence-electron chi connectivity index (χ2n) is 8.94. The zero-order valence-electron chi connectivity index (χ0n) is 19.4. The van der Waals surface area contributed by atoms with E-state index in [1.54, 1.807) is 10.0 Å². The molecule has 0 aliphatic heterocycles. The molecule has 1 aliphatic carbocycles. The molecule has 34 heavy (non-hydrogen) atoms. The van der Waals surface area contributed by atoms with E-state index in [1.165, 1.54) is 7.05 Å². The molecule has 0 bridgehead atoms. The zero-order chi connectivity index (χ0) is 24.6. The normalized spacial score (nSPS) is 18.2. The van der Waals surface area contributed by atoms with Crippen molar-refractivity contribution < 1.29 is 18.4 Å². The first kappa shape index (κ1) is 24.6. The van der Waals surface area contributed by atoms with Crippen LogP contribution in [0.15, 0.2) is 30.5 Å². The van der Waals surface area contributed by atoms with Crippen molar-refractivity contribution in [1.29, 1.82) is 0 Å². The van der Waals surface area contributed by atoms with Gasteiger partial charge in [-0.05, 0) is 74.8 Å². The quantitative estimate of drug-likeness (QED) is 0.332. The van der Waals surface area contributed by atoms with Gasteiger partial charge in [0.2, 0.25) is 5.91 Å². The van der Waals surface area contributed by atoms with E-state index in [1.807, 2.05) is 29.7 Å². The van der Waals surface area contributed by atoms with Gasteiger partial charge in [-0.3, -0.25) is 12.7 Å². The minimum absolute atomic E-state index is 0.0506. The number of fused-ring (bicyclic) bond motifs is 1. The lowest BCUT2D eigenvalue weighted by molar-refractivity contribution is -0.124. The molecule has 0 atom stereocenters. The molecule has 3 aromatic rings. The number of amides is 2. The molecule has 0 spiro atoms. The Bertz CT molecular complexity index is 1230. The van der Waals surface area contributed by atoms with E-state index in [4.69, 9.17) is 0 Å². The summed E-state index contributed by atoms with van der Waals surface area (Å²) in [4.78, 5) is 28.2. The number of pyridine rings is 1. The number of carbonyl (C=O) groups is 2. The molecule has 0 saturated heterocycles. The fourth-order valence-corrected chi connectivity index (χ4v) is 5.33. The highest BCUT2D eigenvalue weighted by atomic mass is 127. The van der Waals surface area contributed by atoms with Crippen molar-refractivity contribution in [3.8, 4) is 11.3 Å². The van der Waals surface area contributed by atoms with Crippen LogP contribution >= 0.6 is 22.9 Å². The van der Waals surface area contributed by atoms with E-state index in [9.17, 15) is 9.59 Å². The number of nitrogens with one attached hydrogen (secondary N) is 1. The van der Waals surface area contributed by atoms with Crippen molar-refractivity contribution in [2.75, 3.05) is 7.05 Å². The van der Waals surface area contributed by atoms with Gasteiger partial charge in [-0.15, -0.1) is 0 Å². The molecule has 2 amide bonds. The summed E-state index contributed by atoms with van der Waals surface area (Å²) < 4.78 is 34.0. The van der Waals surface area contributed by atoms with Crippen LogP contribution in [0.3, 0.4) is 0 Å². The lowest BCUT2D eigenvalue weighted by Crippen LogP contribution is -2.34. The minimum Gasteiger partial charge on any atom is -0.355 e. The summed E-state index contributed by atoms with van der Waals surface area (Å²) in [5, 5.41) is 2.39. The van der Waals surface area contributed by atoms with Crippen LogP contribution in [0.25, 0.3) is 16.9 Å². The maximum Gasteiger partial charge on any atom is 0.251 e. The van der Waals surface area contributed by atoms with Gasteiger partial charge in [0.25, 0.3) is 5.91 Å². The highest BCUT2D eigenvalue weighted by Gasteiger charge is 2.29. The van der Waals surface area contributed by atoms with Crippen LogP contribution in [0.2, 0.25) is 0 Å². The molecule has 6 nitrogen and oxygen atoms in total. The number of hydrogen-bond acceptors (Lipinski definition) is 3. The van der Waals surface area contributed by atoms with Gasteiger partial charge in [0.05, 0.1) is 39.8 Å². The van der Waals surface area contributed by atoms with Crippen LogP contribution in [0, 0.1) is 24.5 Å². The summed E-state index contributed by atoms with van der Waals surface area (Å²) in [5.74, 6) is -1.82. The molecule has 2 heterocycles. The molecule has 4 rings (SSSR count). The van der Waals surface area contributed by atoms with Gasteiger partial charge in [-0.25, -0.2) is 13.8 Å². The lowest BCUT2D eigenvalue weighted by Gasteiger charge is -2.32. The fourth-order valence-electron chi connectivity index (χ4n) is 4.77. The van der Waals surface area contributed by atoms with Gasteiger partial charge in [0, 0.05) is 31.8 Å². The number of benzene rings is 1. The third kappa shape index (κ3) is 4.80. The third-order valence-corrected chi connectivity index (χ3v) is 8.04. The predicted molar refractivity (Wildman–Crippen MR) is 135 cm³/mol. The number of aromatic nitrogens is 2. The topological polar surface area (TPSA) is 66.7 Å². The molecule has 0 radical (unpaired) electrons. The molecule has 180 valence electrons. The Labute approximate surface area is 211 Å². The van der Waals surface area contributed by atoms with E-state index in [0.717, 1.165) is 49.1 Å². The van der Waals surface area contributed by atoms with Crippen molar-refractivity contribution in [1.82, 2.24) is 17.8 Å². The summed E-state index contributed by atoms with van der Waals surface area (Å²) in [6.07, 6.45) is 6.11. The van der Waals surface area contributed by atoms with E-state index in [0.29, 0.717) is 18.0 Å². The molecular formula is C25H27F2IN4O2. The van der Waals surface area contributed by atoms with Crippen LogP contribution in [0.5, 0.6) is 0 Å². The van der Waals surface area contributed by atoms with Gasteiger partial charge in [-0.2, -0.15) is 0 Å². The first-order valence-corrected chi connectivity index (χ1v) is 12.3. The number of aryl methyl sites for hydroxylation is 1. The Hall–Kier alpha value is -2.56. The SMILES string of the molecule is CNC(=O)c1cc(F)c(-c2nc3cc(C)ccn3c2C[C@H]2CC[C@H](N(I)C(C)=O)CC2)c(F)c1. The number of hydrogen-bond donors (Lipinski definition) is 1. The summed E-state index contributed by atoms with van der Waals surface area (Å²) in [6.45, 7) is 3.52. The highest BCUT2D eigenvalue weighted by molar-refractivity contribution is 14.1. The van der Waals surface area contributed by atoms with E-state index >= 15 is 8.78 Å². The number of imidazole rings is 1. The van der Waals surface area contributed by atoms with E-state index < -0.39 is 17.5 Å². The number of rotatable bonds is 5. The fraction of sp³-hybridized carbons (Fsp3) is 0.400.